The summed E-state index contributed by atoms with van der Waals surface area (Å²) in [6.45, 7) is 3.09. The lowest BCUT2D eigenvalue weighted by atomic mass is 9.97. The fourth-order valence-corrected chi connectivity index (χ4v) is 2.19. The highest BCUT2D eigenvalue weighted by atomic mass is 32.2. The molecule has 0 spiro atoms. The number of hydrogen-bond donors (Lipinski definition) is 2. The summed E-state index contributed by atoms with van der Waals surface area (Å²) >= 11 is 1.60. The van der Waals surface area contributed by atoms with E-state index in [0.29, 0.717) is 6.42 Å². The minimum Gasteiger partial charge on any atom is -0.320 e. The van der Waals surface area contributed by atoms with Crippen molar-refractivity contribution in [3.63, 3.8) is 0 Å². The van der Waals surface area contributed by atoms with Gasteiger partial charge in [-0.05, 0) is 32.3 Å². The van der Waals surface area contributed by atoms with Gasteiger partial charge in [0.25, 0.3) is 5.91 Å². The van der Waals surface area contributed by atoms with Gasteiger partial charge in [0.2, 0.25) is 11.8 Å². The van der Waals surface area contributed by atoms with E-state index in [4.69, 9.17) is 5.73 Å². The molecule has 1 atom stereocenters. The number of thioether (sulfide) groups is 1. The van der Waals surface area contributed by atoms with Gasteiger partial charge in [-0.3, -0.25) is 19.7 Å². The molecule has 0 aliphatic carbocycles. The van der Waals surface area contributed by atoms with Crippen LogP contribution in [-0.2, 0) is 14.4 Å². The summed E-state index contributed by atoms with van der Waals surface area (Å²) < 4.78 is 0. The summed E-state index contributed by atoms with van der Waals surface area (Å²) in [4.78, 5) is 36.5. The molecule has 0 bridgehead atoms. The Bertz CT molecular complexity index is 371. The van der Waals surface area contributed by atoms with Crippen molar-refractivity contribution in [2.75, 3.05) is 18.6 Å². The van der Waals surface area contributed by atoms with Crippen molar-refractivity contribution in [3.05, 3.63) is 0 Å². The van der Waals surface area contributed by atoms with Crippen LogP contribution in [0, 0.1) is 0 Å². The van der Waals surface area contributed by atoms with Crippen molar-refractivity contribution in [3.8, 4) is 0 Å². The molecular formula is C11H19N3O3S. The van der Waals surface area contributed by atoms with Crippen LogP contribution in [0.25, 0.3) is 0 Å². The third-order valence-corrected chi connectivity index (χ3v) is 3.65. The smallest absolute Gasteiger partial charge is 0.252 e. The summed E-state index contributed by atoms with van der Waals surface area (Å²) in [5.74, 6) is -0.521. The molecular weight excluding hydrogens is 254 g/mol. The van der Waals surface area contributed by atoms with Crippen LogP contribution in [-0.4, -0.2) is 52.8 Å². The van der Waals surface area contributed by atoms with Gasteiger partial charge in [0.1, 0.15) is 12.1 Å². The Morgan fingerprint density at radius 3 is 2.72 bits per heavy atom. The predicted octanol–water partition coefficient (Wildman–Crippen LogP) is -0.670. The molecule has 0 aromatic carbocycles. The van der Waals surface area contributed by atoms with Crippen LogP contribution in [0.4, 0.5) is 0 Å². The van der Waals surface area contributed by atoms with Crippen molar-refractivity contribution < 1.29 is 14.4 Å². The van der Waals surface area contributed by atoms with Gasteiger partial charge in [0.15, 0.2) is 0 Å². The minimum absolute atomic E-state index is 0.120. The van der Waals surface area contributed by atoms with E-state index >= 15 is 0 Å². The van der Waals surface area contributed by atoms with Crippen molar-refractivity contribution >= 4 is 29.5 Å². The number of nitrogens with zero attached hydrogens (tertiary/aromatic N) is 1. The number of nitrogens with two attached hydrogens (primary N) is 1. The van der Waals surface area contributed by atoms with Crippen LogP contribution in [0.15, 0.2) is 0 Å². The number of hydrogen-bond acceptors (Lipinski definition) is 5. The van der Waals surface area contributed by atoms with E-state index in [1.54, 1.807) is 25.6 Å². The minimum atomic E-state index is -1.04. The molecule has 1 heterocycles. The maximum atomic E-state index is 12.2. The molecule has 3 N–H and O–H groups in total. The summed E-state index contributed by atoms with van der Waals surface area (Å²) in [6, 6.07) is -0.671. The Labute approximate surface area is 111 Å². The average Bonchev–Trinajstić information content (AvgIpc) is 2.30. The third kappa shape index (κ3) is 3.02. The number of piperazine rings is 1. The molecule has 0 radical (unpaired) electrons. The Kier molecular flexibility index (Phi) is 4.75. The maximum absolute atomic E-state index is 12.2. The number of rotatable bonds is 4. The lowest BCUT2D eigenvalue weighted by molar-refractivity contribution is -0.156. The van der Waals surface area contributed by atoms with E-state index in [1.165, 1.54) is 4.90 Å². The number of carbonyl (C=O) groups excluding carboxylic acids is 3. The quantitative estimate of drug-likeness (QED) is 0.663. The molecule has 3 amide bonds. The fourth-order valence-electron chi connectivity index (χ4n) is 1.70. The second-order valence-electron chi connectivity index (χ2n) is 4.75. The van der Waals surface area contributed by atoms with Crippen molar-refractivity contribution in [2.24, 2.45) is 5.73 Å². The second-order valence-corrected chi connectivity index (χ2v) is 5.73. The highest BCUT2D eigenvalue weighted by molar-refractivity contribution is 7.98. The van der Waals surface area contributed by atoms with E-state index in [1.807, 2.05) is 6.26 Å². The molecule has 1 aliphatic rings. The van der Waals surface area contributed by atoms with Crippen molar-refractivity contribution in [1.29, 1.82) is 0 Å². The monoisotopic (exact) mass is 273 g/mol. The van der Waals surface area contributed by atoms with Gasteiger partial charge < -0.3 is 10.6 Å². The van der Waals surface area contributed by atoms with Gasteiger partial charge in [-0.15, -0.1) is 0 Å². The SMILES string of the molecule is CSCC[C@H](N)C(=O)N1CC(=O)NC(=O)C1(C)C. The number of imide groups is 1. The molecule has 1 fully saturated rings. The Hall–Kier alpha value is -1.08. The highest BCUT2D eigenvalue weighted by Crippen LogP contribution is 2.19. The predicted molar refractivity (Wildman–Crippen MR) is 69.9 cm³/mol. The number of amides is 3. The lowest BCUT2D eigenvalue weighted by Gasteiger charge is -2.41. The first-order valence-corrected chi connectivity index (χ1v) is 7.10. The summed E-state index contributed by atoms with van der Waals surface area (Å²) in [7, 11) is 0. The van der Waals surface area contributed by atoms with E-state index in [-0.39, 0.29) is 12.5 Å². The molecule has 0 aromatic heterocycles. The Balaban J connectivity index is 2.81. The Morgan fingerprint density at radius 2 is 2.17 bits per heavy atom. The van der Waals surface area contributed by atoms with E-state index < -0.39 is 23.4 Å². The summed E-state index contributed by atoms with van der Waals surface area (Å²) in [5.41, 5.74) is 4.76. The molecule has 6 nitrogen and oxygen atoms in total. The van der Waals surface area contributed by atoms with Crippen molar-refractivity contribution in [2.45, 2.75) is 31.8 Å². The largest absolute Gasteiger partial charge is 0.320 e. The first kappa shape index (κ1) is 15.0. The van der Waals surface area contributed by atoms with Gasteiger partial charge >= 0.3 is 0 Å². The normalized spacial score (nSPS) is 20.6. The maximum Gasteiger partial charge on any atom is 0.252 e. The van der Waals surface area contributed by atoms with Gasteiger partial charge in [-0.1, -0.05) is 0 Å². The molecule has 0 saturated carbocycles. The molecule has 1 rings (SSSR count). The van der Waals surface area contributed by atoms with Crippen molar-refractivity contribution in [1.82, 2.24) is 10.2 Å². The van der Waals surface area contributed by atoms with E-state index in [9.17, 15) is 14.4 Å². The molecule has 102 valence electrons. The average molecular weight is 273 g/mol. The van der Waals surface area contributed by atoms with Gasteiger partial charge in [0, 0.05) is 0 Å². The van der Waals surface area contributed by atoms with E-state index in [2.05, 4.69) is 5.32 Å². The van der Waals surface area contributed by atoms with Gasteiger partial charge in [0.05, 0.1) is 6.04 Å². The summed E-state index contributed by atoms with van der Waals surface area (Å²) in [5, 5.41) is 2.22. The molecule has 0 unspecified atom stereocenters. The molecule has 1 saturated heterocycles. The lowest BCUT2D eigenvalue weighted by Crippen LogP contribution is -2.67. The zero-order valence-corrected chi connectivity index (χ0v) is 11.7. The molecule has 7 heteroatoms. The second kappa shape index (κ2) is 5.71. The summed E-state index contributed by atoms with van der Waals surface area (Å²) in [6.07, 6.45) is 2.46. The van der Waals surface area contributed by atoms with Gasteiger partial charge in [-0.2, -0.15) is 11.8 Å². The topological polar surface area (TPSA) is 92.5 Å². The number of carbonyl (C=O) groups is 3. The zero-order valence-electron chi connectivity index (χ0n) is 10.9. The van der Waals surface area contributed by atoms with Crippen LogP contribution >= 0.6 is 11.8 Å². The van der Waals surface area contributed by atoms with Crippen LogP contribution in [0.3, 0.4) is 0 Å². The Morgan fingerprint density at radius 1 is 1.56 bits per heavy atom. The zero-order chi connectivity index (χ0) is 13.9. The highest BCUT2D eigenvalue weighted by Gasteiger charge is 2.44. The van der Waals surface area contributed by atoms with Crippen LogP contribution < -0.4 is 11.1 Å². The first-order chi connectivity index (χ1) is 8.30. The van der Waals surface area contributed by atoms with Crippen LogP contribution in [0.2, 0.25) is 0 Å². The van der Waals surface area contributed by atoms with Crippen LogP contribution in [0.5, 0.6) is 0 Å². The first-order valence-electron chi connectivity index (χ1n) is 5.71. The molecule has 1 aliphatic heterocycles. The third-order valence-electron chi connectivity index (χ3n) is 3.00. The van der Waals surface area contributed by atoms with Gasteiger partial charge in [-0.25, -0.2) is 0 Å². The molecule has 18 heavy (non-hydrogen) atoms. The standard InChI is InChI=1S/C11H19N3O3S/c1-11(2)10(17)13-8(15)6-14(11)9(16)7(12)4-5-18-3/h7H,4-6,12H2,1-3H3,(H,13,15,17)/t7-/m0/s1. The fraction of sp³-hybridized carbons (Fsp3) is 0.727. The molecule has 0 aromatic rings. The van der Waals surface area contributed by atoms with E-state index in [0.717, 1.165) is 5.75 Å². The number of nitrogens with one attached hydrogen (secondary N) is 1. The van der Waals surface area contributed by atoms with Crippen LogP contribution in [0.1, 0.15) is 20.3 Å².